The summed E-state index contributed by atoms with van der Waals surface area (Å²) in [5, 5.41) is 0. The van der Waals surface area contributed by atoms with Gasteiger partial charge in [0.25, 0.3) is 0 Å². The number of hydrogen-bond acceptors (Lipinski definition) is 5. The summed E-state index contributed by atoms with van der Waals surface area (Å²) in [6.45, 7) is 2.83. The molecule has 2 aromatic rings. The molecule has 2 aromatic carbocycles. The minimum absolute atomic E-state index is 0.0357. The van der Waals surface area contributed by atoms with Crippen LogP contribution in [-0.2, 0) is 14.8 Å². The van der Waals surface area contributed by atoms with Crippen LogP contribution in [0.3, 0.4) is 0 Å². The minimum atomic E-state index is -3.66. The molecule has 7 nitrogen and oxygen atoms in total. The molecule has 1 N–H and O–H groups in total. The fraction of sp³-hybridized carbons (Fsp3) is 0.286. The molecule has 0 radical (unpaired) electrons. The van der Waals surface area contributed by atoms with E-state index in [4.69, 9.17) is 4.74 Å². The lowest BCUT2D eigenvalue weighted by molar-refractivity contribution is -0.126. The molecule has 29 heavy (non-hydrogen) atoms. The van der Waals surface area contributed by atoms with Gasteiger partial charge in [0.2, 0.25) is 15.9 Å². The van der Waals surface area contributed by atoms with Crippen molar-refractivity contribution in [1.82, 2.24) is 9.62 Å². The van der Waals surface area contributed by atoms with Crippen molar-refractivity contribution in [3.63, 3.8) is 0 Å². The molecule has 3 rings (SSSR count). The maximum absolute atomic E-state index is 12.5. The number of amides is 1. The Kier molecular flexibility index (Phi) is 6.56. The van der Waals surface area contributed by atoms with Crippen LogP contribution in [0.5, 0.6) is 5.75 Å². The van der Waals surface area contributed by atoms with Gasteiger partial charge in [0.15, 0.2) is 0 Å². The molecule has 0 unspecified atom stereocenters. The average Bonchev–Trinajstić information content (AvgIpc) is 2.78. The Hall–Kier alpha value is -2.84. The molecule has 0 spiro atoms. The third-order valence-corrected chi connectivity index (χ3v) is 6.31. The molecule has 1 heterocycles. The van der Waals surface area contributed by atoms with Gasteiger partial charge in [0.05, 0.1) is 7.11 Å². The van der Waals surface area contributed by atoms with Gasteiger partial charge in [-0.25, -0.2) is 13.1 Å². The lowest BCUT2D eigenvalue weighted by Gasteiger charge is -2.35. The van der Waals surface area contributed by atoms with Crippen LogP contribution >= 0.6 is 0 Å². The number of nitrogens with one attached hydrogen (secondary N) is 1. The summed E-state index contributed by atoms with van der Waals surface area (Å²) < 4.78 is 31.8. The zero-order valence-corrected chi connectivity index (χ0v) is 17.4. The van der Waals surface area contributed by atoms with Crippen LogP contribution in [0.15, 0.2) is 59.5 Å². The zero-order valence-electron chi connectivity index (χ0n) is 16.5. The van der Waals surface area contributed by atoms with E-state index in [0.717, 1.165) is 18.8 Å². The van der Waals surface area contributed by atoms with E-state index < -0.39 is 10.0 Å². The van der Waals surface area contributed by atoms with E-state index in [1.54, 1.807) is 23.1 Å². The van der Waals surface area contributed by atoms with E-state index in [1.165, 1.54) is 26.3 Å². The molecular formula is C21H25N3O4S. The first-order valence-electron chi connectivity index (χ1n) is 9.33. The van der Waals surface area contributed by atoms with Gasteiger partial charge in [-0.1, -0.05) is 24.3 Å². The molecule has 0 bridgehead atoms. The van der Waals surface area contributed by atoms with E-state index >= 15 is 0 Å². The maximum Gasteiger partial charge on any atom is 0.246 e. The van der Waals surface area contributed by atoms with Crippen molar-refractivity contribution in [2.24, 2.45) is 0 Å². The number of anilines is 1. The largest absolute Gasteiger partial charge is 0.495 e. The first-order valence-corrected chi connectivity index (χ1v) is 10.8. The van der Waals surface area contributed by atoms with Crippen LogP contribution < -0.4 is 14.4 Å². The van der Waals surface area contributed by atoms with Gasteiger partial charge in [-0.15, -0.1) is 0 Å². The Morgan fingerprint density at radius 1 is 1.07 bits per heavy atom. The molecule has 0 saturated carbocycles. The second kappa shape index (κ2) is 9.11. The number of para-hydroxylation sites is 1. The van der Waals surface area contributed by atoms with Gasteiger partial charge >= 0.3 is 0 Å². The minimum Gasteiger partial charge on any atom is -0.495 e. The monoisotopic (exact) mass is 415 g/mol. The predicted octanol–water partition coefficient (Wildman–Crippen LogP) is 1.97. The van der Waals surface area contributed by atoms with Crippen LogP contribution in [0.4, 0.5) is 5.69 Å². The number of benzene rings is 2. The second-order valence-corrected chi connectivity index (χ2v) is 8.45. The van der Waals surface area contributed by atoms with Crippen molar-refractivity contribution in [3.8, 4) is 5.75 Å². The predicted molar refractivity (Wildman–Crippen MR) is 114 cm³/mol. The van der Waals surface area contributed by atoms with Crippen molar-refractivity contribution in [2.45, 2.75) is 4.90 Å². The molecule has 154 valence electrons. The first kappa shape index (κ1) is 20.9. The van der Waals surface area contributed by atoms with Crippen LogP contribution in [0.1, 0.15) is 5.56 Å². The summed E-state index contributed by atoms with van der Waals surface area (Å²) in [5.74, 6) is 0.159. The quantitative estimate of drug-likeness (QED) is 0.730. The SMILES string of the molecule is CNS(=O)(=O)c1cc(/C=C/C(=O)N2CCN(c3ccccc3)CC2)ccc1OC. The third-order valence-electron chi connectivity index (χ3n) is 4.88. The highest BCUT2D eigenvalue weighted by atomic mass is 32.2. The summed E-state index contributed by atoms with van der Waals surface area (Å²) in [7, 11) is -0.907. The van der Waals surface area contributed by atoms with Crippen LogP contribution in [-0.4, -0.2) is 59.6 Å². The maximum atomic E-state index is 12.5. The number of ether oxygens (including phenoxy) is 1. The van der Waals surface area contributed by atoms with Crippen molar-refractivity contribution in [2.75, 3.05) is 45.2 Å². The zero-order chi connectivity index (χ0) is 20.9. The number of nitrogens with zero attached hydrogens (tertiary/aromatic N) is 2. The van der Waals surface area contributed by atoms with E-state index in [1.807, 2.05) is 18.2 Å². The topological polar surface area (TPSA) is 79.0 Å². The van der Waals surface area contributed by atoms with E-state index in [0.29, 0.717) is 18.7 Å². The summed E-state index contributed by atoms with van der Waals surface area (Å²) in [4.78, 5) is 16.6. The molecule has 1 aliphatic heterocycles. The van der Waals surface area contributed by atoms with Crippen LogP contribution in [0, 0.1) is 0 Å². The summed E-state index contributed by atoms with van der Waals surface area (Å²) in [6.07, 6.45) is 3.11. The van der Waals surface area contributed by atoms with Crippen molar-refractivity contribution in [1.29, 1.82) is 0 Å². The Morgan fingerprint density at radius 3 is 2.38 bits per heavy atom. The normalized spacial score (nSPS) is 15.0. The van der Waals surface area contributed by atoms with Gasteiger partial charge in [-0.2, -0.15) is 0 Å². The fourth-order valence-electron chi connectivity index (χ4n) is 3.21. The van der Waals surface area contributed by atoms with Gasteiger partial charge in [-0.05, 0) is 43.0 Å². The van der Waals surface area contributed by atoms with Gasteiger partial charge in [0, 0.05) is 37.9 Å². The van der Waals surface area contributed by atoms with Gasteiger partial charge in [0.1, 0.15) is 10.6 Å². The molecule has 1 amide bonds. The number of methoxy groups -OCH3 is 1. The standard InChI is InChI=1S/C21H25N3O4S/c1-22-29(26,27)20-16-17(8-10-19(20)28-2)9-11-21(25)24-14-12-23(13-15-24)18-6-4-3-5-7-18/h3-11,16,22H,12-15H2,1-2H3/b11-9+. The van der Waals surface area contributed by atoms with Crippen molar-refractivity contribution in [3.05, 3.63) is 60.2 Å². The smallest absolute Gasteiger partial charge is 0.246 e. The molecule has 1 aliphatic rings. The summed E-state index contributed by atoms with van der Waals surface area (Å²) >= 11 is 0. The highest BCUT2D eigenvalue weighted by Gasteiger charge is 2.20. The fourth-order valence-corrected chi connectivity index (χ4v) is 4.14. The lowest BCUT2D eigenvalue weighted by atomic mass is 10.2. The number of rotatable bonds is 6. The van der Waals surface area contributed by atoms with Gasteiger partial charge < -0.3 is 14.5 Å². The van der Waals surface area contributed by atoms with Gasteiger partial charge in [-0.3, -0.25) is 4.79 Å². The number of carbonyl (C=O) groups is 1. The second-order valence-electron chi connectivity index (χ2n) is 6.60. The first-order chi connectivity index (χ1) is 13.9. The molecule has 0 atom stereocenters. The molecule has 0 aliphatic carbocycles. The molecule has 1 saturated heterocycles. The molecular weight excluding hydrogens is 390 g/mol. The lowest BCUT2D eigenvalue weighted by Crippen LogP contribution is -2.48. The summed E-state index contributed by atoms with van der Waals surface area (Å²) in [6, 6.07) is 14.9. The highest BCUT2D eigenvalue weighted by Crippen LogP contribution is 2.25. The average molecular weight is 416 g/mol. The Morgan fingerprint density at radius 2 is 1.76 bits per heavy atom. The number of piperazine rings is 1. The summed E-state index contributed by atoms with van der Waals surface area (Å²) in [5.41, 5.74) is 1.77. The number of sulfonamides is 1. The Bertz CT molecular complexity index is 982. The Balaban J connectivity index is 1.66. The molecule has 1 fully saturated rings. The van der Waals surface area contributed by atoms with E-state index in [2.05, 4.69) is 21.8 Å². The molecule has 8 heteroatoms. The number of carbonyl (C=O) groups excluding carboxylic acids is 1. The van der Waals surface area contributed by atoms with Crippen molar-refractivity contribution < 1.29 is 17.9 Å². The van der Waals surface area contributed by atoms with Crippen LogP contribution in [0.25, 0.3) is 6.08 Å². The molecule has 0 aromatic heterocycles. The van der Waals surface area contributed by atoms with E-state index in [-0.39, 0.29) is 16.6 Å². The van der Waals surface area contributed by atoms with Crippen LogP contribution in [0.2, 0.25) is 0 Å². The van der Waals surface area contributed by atoms with E-state index in [9.17, 15) is 13.2 Å². The Labute approximate surface area is 171 Å². The highest BCUT2D eigenvalue weighted by molar-refractivity contribution is 7.89. The third kappa shape index (κ3) is 4.96. The van der Waals surface area contributed by atoms with Crippen molar-refractivity contribution >= 4 is 27.7 Å². The number of hydrogen-bond donors (Lipinski definition) is 1.